The third kappa shape index (κ3) is 5.69. The maximum atomic E-state index is 11.6. The molecule has 1 atom stereocenters. The number of aromatic carboxylic acids is 1. The zero-order chi connectivity index (χ0) is 27.5. The molecule has 1 N–H and O–H groups in total. The molecule has 4 aromatic rings. The van der Waals surface area contributed by atoms with Gasteiger partial charge in [-0.2, -0.15) is 5.26 Å². The topological polar surface area (TPSA) is 114 Å². The monoisotopic (exact) mass is 537 g/mol. The van der Waals surface area contributed by atoms with E-state index in [2.05, 4.69) is 21.6 Å². The molecule has 2 fully saturated rings. The molecule has 0 saturated carbocycles. The van der Waals surface area contributed by atoms with Crippen LogP contribution in [0.15, 0.2) is 60.7 Å². The van der Waals surface area contributed by atoms with Crippen molar-refractivity contribution in [1.29, 1.82) is 5.26 Å². The number of likely N-dealkylation sites (tertiary alicyclic amines) is 1. The highest BCUT2D eigenvalue weighted by atomic mass is 16.5. The Labute approximate surface area is 232 Å². The average Bonchev–Trinajstić information content (AvgIpc) is 3.30. The Morgan fingerprint density at radius 2 is 1.88 bits per heavy atom. The van der Waals surface area contributed by atoms with Crippen molar-refractivity contribution in [2.24, 2.45) is 0 Å². The number of aromatic nitrogens is 3. The normalized spacial score (nSPS) is 17.8. The zero-order valence-electron chi connectivity index (χ0n) is 22.2. The summed E-state index contributed by atoms with van der Waals surface area (Å²) in [5.41, 5.74) is 4.61. The van der Waals surface area contributed by atoms with Gasteiger partial charge in [0.05, 0.1) is 47.4 Å². The molecule has 2 aliphatic heterocycles. The van der Waals surface area contributed by atoms with Gasteiger partial charge in [0.25, 0.3) is 0 Å². The fourth-order valence-electron chi connectivity index (χ4n) is 5.42. The molecule has 6 rings (SSSR count). The highest BCUT2D eigenvalue weighted by Gasteiger charge is 2.26. The van der Waals surface area contributed by atoms with Gasteiger partial charge in [0.1, 0.15) is 12.4 Å². The Kier molecular flexibility index (Phi) is 7.45. The summed E-state index contributed by atoms with van der Waals surface area (Å²) in [6.07, 6.45) is 3.13. The van der Waals surface area contributed by atoms with Crippen LogP contribution in [0.25, 0.3) is 11.0 Å². The molecule has 40 heavy (non-hydrogen) atoms. The predicted octanol–water partition coefficient (Wildman–Crippen LogP) is 4.75. The molecule has 0 amide bonds. The number of hydrogen-bond acceptors (Lipinski definition) is 7. The summed E-state index contributed by atoms with van der Waals surface area (Å²) in [5, 5.41) is 18.5. The second-order valence-corrected chi connectivity index (χ2v) is 10.5. The van der Waals surface area contributed by atoms with Gasteiger partial charge < -0.3 is 19.1 Å². The van der Waals surface area contributed by atoms with Crippen LogP contribution in [0.5, 0.6) is 5.88 Å². The highest BCUT2D eigenvalue weighted by molar-refractivity contribution is 5.92. The van der Waals surface area contributed by atoms with E-state index in [1.54, 1.807) is 30.3 Å². The van der Waals surface area contributed by atoms with Crippen molar-refractivity contribution in [2.75, 3.05) is 19.7 Å². The highest BCUT2D eigenvalue weighted by Crippen LogP contribution is 2.30. The maximum Gasteiger partial charge on any atom is 0.335 e. The molecule has 2 aliphatic rings. The van der Waals surface area contributed by atoms with E-state index in [9.17, 15) is 9.90 Å². The number of carboxylic acid groups (broad SMARTS) is 1. The number of carboxylic acids is 1. The van der Waals surface area contributed by atoms with Crippen molar-refractivity contribution in [3.05, 3.63) is 88.9 Å². The van der Waals surface area contributed by atoms with Gasteiger partial charge in [-0.15, -0.1) is 0 Å². The Hall–Kier alpha value is -4.26. The summed E-state index contributed by atoms with van der Waals surface area (Å²) in [6.45, 7) is 4.41. The van der Waals surface area contributed by atoms with Crippen LogP contribution in [0.2, 0.25) is 0 Å². The Balaban J connectivity index is 1.10. The van der Waals surface area contributed by atoms with Gasteiger partial charge in [-0.1, -0.05) is 18.2 Å². The molecule has 4 heterocycles. The molecule has 2 saturated heterocycles. The summed E-state index contributed by atoms with van der Waals surface area (Å²) < 4.78 is 13.8. The Bertz CT molecular complexity index is 1550. The molecule has 0 spiro atoms. The van der Waals surface area contributed by atoms with E-state index >= 15 is 0 Å². The number of rotatable bonds is 9. The van der Waals surface area contributed by atoms with Gasteiger partial charge in [-0.05, 0) is 74.3 Å². The van der Waals surface area contributed by atoms with Crippen molar-refractivity contribution in [3.63, 3.8) is 0 Å². The van der Waals surface area contributed by atoms with Crippen LogP contribution in [-0.4, -0.2) is 56.3 Å². The second kappa shape index (κ2) is 11.5. The molecular weight excluding hydrogens is 506 g/mol. The first-order chi connectivity index (χ1) is 19.6. The van der Waals surface area contributed by atoms with Gasteiger partial charge >= 0.3 is 5.97 Å². The largest absolute Gasteiger partial charge is 0.478 e. The van der Waals surface area contributed by atoms with Gasteiger partial charge in [-0.25, -0.2) is 14.8 Å². The van der Waals surface area contributed by atoms with Crippen molar-refractivity contribution in [1.82, 2.24) is 19.4 Å². The number of nitrogens with zero attached hydrogens (tertiary/aromatic N) is 5. The molecule has 9 nitrogen and oxygen atoms in total. The smallest absolute Gasteiger partial charge is 0.335 e. The number of carbonyl (C=O) groups is 1. The molecule has 0 aliphatic carbocycles. The molecule has 0 unspecified atom stereocenters. The van der Waals surface area contributed by atoms with E-state index in [-0.39, 0.29) is 11.7 Å². The van der Waals surface area contributed by atoms with Gasteiger partial charge in [0.2, 0.25) is 5.88 Å². The minimum Gasteiger partial charge on any atom is -0.478 e. The number of fused-ring (bicyclic) bond motifs is 1. The van der Waals surface area contributed by atoms with Crippen molar-refractivity contribution in [3.8, 4) is 11.9 Å². The molecule has 2 aromatic heterocycles. The van der Waals surface area contributed by atoms with Crippen molar-refractivity contribution >= 4 is 17.0 Å². The molecule has 0 bridgehead atoms. The van der Waals surface area contributed by atoms with E-state index in [0.29, 0.717) is 37.1 Å². The van der Waals surface area contributed by atoms with Crippen molar-refractivity contribution in [2.45, 2.75) is 51.0 Å². The second-order valence-electron chi connectivity index (χ2n) is 10.5. The summed E-state index contributed by atoms with van der Waals surface area (Å²) in [5.74, 6) is 0.977. The minimum atomic E-state index is -0.935. The number of benzene rings is 2. The molecule has 204 valence electrons. The minimum absolute atomic E-state index is 0.146. The lowest BCUT2D eigenvalue weighted by Gasteiger charge is -2.32. The molecule has 2 aromatic carbocycles. The molecule has 9 heteroatoms. The summed E-state index contributed by atoms with van der Waals surface area (Å²) in [6, 6.07) is 20.6. The van der Waals surface area contributed by atoms with E-state index in [0.717, 1.165) is 67.1 Å². The summed E-state index contributed by atoms with van der Waals surface area (Å²) >= 11 is 0. The third-order valence-corrected chi connectivity index (χ3v) is 7.84. The predicted molar refractivity (Wildman–Crippen MR) is 148 cm³/mol. The number of nitriles is 1. The van der Waals surface area contributed by atoms with Gasteiger partial charge in [0.15, 0.2) is 0 Å². The van der Waals surface area contributed by atoms with Crippen LogP contribution >= 0.6 is 0 Å². The molecule has 0 radical (unpaired) electrons. The fraction of sp³-hybridized carbons (Fsp3) is 0.355. The number of hydrogen-bond donors (Lipinski definition) is 1. The number of piperidine rings is 1. The van der Waals surface area contributed by atoms with Crippen LogP contribution in [-0.2, 0) is 24.4 Å². The number of pyridine rings is 1. The van der Waals surface area contributed by atoms with Crippen LogP contribution in [0, 0.1) is 11.3 Å². The summed E-state index contributed by atoms with van der Waals surface area (Å²) in [7, 11) is 0. The maximum absolute atomic E-state index is 11.6. The lowest BCUT2D eigenvalue weighted by atomic mass is 9.93. The lowest BCUT2D eigenvalue weighted by molar-refractivity contribution is -0.0592. The van der Waals surface area contributed by atoms with E-state index in [4.69, 9.17) is 24.7 Å². The van der Waals surface area contributed by atoms with Crippen LogP contribution < -0.4 is 4.74 Å². The average molecular weight is 538 g/mol. The quantitative estimate of drug-likeness (QED) is 0.326. The first-order valence-corrected chi connectivity index (χ1v) is 13.7. The first kappa shape index (κ1) is 26.0. The standard InChI is InChI=1S/C31H31N5O4/c32-17-21-4-6-22(7-5-21)20-40-30-3-1-2-26(34-30)23-10-13-35(14-11-23)19-29-33-27-9-8-24(31(37)38)16-28(27)36(29)18-25-12-15-39-25/h1-9,16,23,25H,10-15,18-20H2,(H,37,38)/t25-/m0/s1. The van der Waals surface area contributed by atoms with Crippen LogP contribution in [0.4, 0.5) is 0 Å². The van der Waals surface area contributed by atoms with Gasteiger partial charge in [0, 0.05) is 24.3 Å². The third-order valence-electron chi connectivity index (χ3n) is 7.84. The van der Waals surface area contributed by atoms with Gasteiger partial charge in [-0.3, -0.25) is 4.90 Å². The number of imidazole rings is 1. The van der Waals surface area contributed by atoms with E-state index < -0.39 is 5.97 Å². The SMILES string of the molecule is N#Cc1ccc(COc2cccc(C3CCN(Cc4nc5ccc(C(=O)O)cc5n4C[C@@H]4CCO4)CC3)n2)cc1. The number of ether oxygens (including phenoxy) is 2. The first-order valence-electron chi connectivity index (χ1n) is 13.7. The van der Waals surface area contributed by atoms with Crippen LogP contribution in [0.1, 0.15) is 58.2 Å². The van der Waals surface area contributed by atoms with E-state index in [1.165, 1.54) is 0 Å². The summed E-state index contributed by atoms with van der Waals surface area (Å²) in [4.78, 5) is 23.7. The molecular formula is C31H31N5O4. The Morgan fingerprint density at radius 1 is 1.07 bits per heavy atom. The lowest BCUT2D eigenvalue weighted by Crippen LogP contribution is -2.35. The van der Waals surface area contributed by atoms with Crippen molar-refractivity contribution < 1.29 is 19.4 Å². The Morgan fingerprint density at radius 3 is 2.58 bits per heavy atom. The zero-order valence-corrected chi connectivity index (χ0v) is 22.2. The van der Waals surface area contributed by atoms with E-state index in [1.807, 2.05) is 24.3 Å². The van der Waals surface area contributed by atoms with Crippen LogP contribution in [0.3, 0.4) is 0 Å². The fourth-order valence-corrected chi connectivity index (χ4v) is 5.42.